The van der Waals surface area contributed by atoms with Crippen LogP contribution in [0.2, 0.25) is 0 Å². The molecule has 1 heterocycles. The van der Waals surface area contributed by atoms with E-state index in [1.54, 1.807) is 12.1 Å². The van der Waals surface area contributed by atoms with Gasteiger partial charge in [0.15, 0.2) is 0 Å². The third kappa shape index (κ3) is 4.04. The lowest BCUT2D eigenvalue weighted by molar-refractivity contribution is -0.124. The van der Waals surface area contributed by atoms with Gasteiger partial charge in [-0.2, -0.15) is 0 Å². The molecule has 1 saturated heterocycles. The lowest BCUT2D eigenvalue weighted by atomic mass is 9.91. The molecule has 0 radical (unpaired) electrons. The van der Waals surface area contributed by atoms with E-state index in [9.17, 15) is 14.0 Å². The molecule has 0 bridgehead atoms. The van der Waals surface area contributed by atoms with Crippen molar-refractivity contribution in [2.45, 2.75) is 50.6 Å². The predicted octanol–water partition coefficient (Wildman–Crippen LogP) is 2.63. The fraction of sp³-hybridized carbons (Fsp3) is 0.556. The van der Waals surface area contributed by atoms with Gasteiger partial charge in [-0.3, -0.25) is 4.79 Å². The Morgan fingerprint density at radius 3 is 2.50 bits per heavy atom. The molecule has 2 fully saturated rings. The minimum atomic E-state index is -0.476. The number of benzene rings is 1. The topological polar surface area (TPSA) is 70.2 Å². The van der Waals surface area contributed by atoms with E-state index >= 15 is 0 Å². The van der Waals surface area contributed by atoms with Crippen LogP contribution in [-0.2, 0) is 4.79 Å². The molecule has 1 aliphatic heterocycles. The third-order valence-electron chi connectivity index (χ3n) is 4.98. The minimum absolute atomic E-state index is 0.129. The molecular formula is C18H24FN3O2. The smallest absolute Gasteiger partial charge is 0.315 e. The summed E-state index contributed by atoms with van der Waals surface area (Å²) in [6.45, 7) is 0.666. The van der Waals surface area contributed by atoms with E-state index in [0.29, 0.717) is 18.9 Å². The molecule has 3 rings (SSSR count). The Bertz CT molecular complexity index is 584. The van der Waals surface area contributed by atoms with Crippen LogP contribution < -0.4 is 16.0 Å². The first-order valence-electron chi connectivity index (χ1n) is 8.73. The number of piperidine rings is 1. The van der Waals surface area contributed by atoms with Crippen molar-refractivity contribution in [3.8, 4) is 0 Å². The Balaban J connectivity index is 1.67. The molecule has 130 valence electrons. The van der Waals surface area contributed by atoms with Gasteiger partial charge in [-0.1, -0.05) is 25.0 Å². The van der Waals surface area contributed by atoms with Crippen molar-refractivity contribution in [2.75, 3.05) is 6.54 Å². The van der Waals surface area contributed by atoms with Gasteiger partial charge in [0.2, 0.25) is 5.91 Å². The van der Waals surface area contributed by atoms with Gasteiger partial charge in [-0.15, -0.1) is 0 Å². The Kier molecular flexibility index (Phi) is 5.33. The number of rotatable bonds is 4. The van der Waals surface area contributed by atoms with Crippen molar-refractivity contribution in [1.82, 2.24) is 16.0 Å². The zero-order valence-electron chi connectivity index (χ0n) is 13.7. The summed E-state index contributed by atoms with van der Waals surface area (Å²) in [4.78, 5) is 24.2. The number of halogens is 1. The first-order valence-corrected chi connectivity index (χ1v) is 8.73. The fourth-order valence-corrected chi connectivity index (χ4v) is 3.69. The maximum absolute atomic E-state index is 13.2. The van der Waals surface area contributed by atoms with Gasteiger partial charge < -0.3 is 16.0 Å². The highest BCUT2D eigenvalue weighted by molar-refractivity contribution is 5.87. The molecule has 0 spiro atoms. The van der Waals surface area contributed by atoms with Crippen LogP contribution in [0.4, 0.5) is 9.18 Å². The van der Waals surface area contributed by atoms with Gasteiger partial charge in [0.05, 0.1) is 6.04 Å². The van der Waals surface area contributed by atoms with Crippen molar-refractivity contribution in [2.24, 2.45) is 5.92 Å². The van der Waals surface area contributed by atoms with Gasteiger partial charge in [-0.05, 0) is 49.3 Å². The first kappa shape index (κ1) is 16.7. The molecule has 3 amide bonds. The van der Waals surface area contributed by atoms with Crippen LogP contribution in [0.1, 0.15) is 50.1 Å². The standard InChI is InChI=1S/C18H24FN3O2/c19-14-9-7-13(8-10-14)16(12-4-1-2-5-12)22-18(24)21-15-6-3-11-20-17(15)23/h7-10,12,15-16H,1-6,11H2,(H,20,23)(H2,21,22,24)/t15-,16+/m0/s1. The molecule has 1 aromatic carbocycles. The molecule has 1 aromatic rings. The Hall–Kier alpha value is -2.11. The molecule has 24 heavy (non-hydrogen) atoms. The van der Waals surface area contributed by atoms with Gasteiger partial charge in [0, 0.05) is 6.54 Å². The molecular weight excluding hydrogens is 309 g/mol. The van der Waals surface area contributed by atoms with E-state index in [4.69, 9.17) is 0 Å². The average Bonchev–Trinajstić information content (AvgIpc) is 3.10. The maximum atomic E-state index is 13.2. The summed E-state index contributed by atoms with van der Waals surface area (Å²) in [6, 6.07) is 5.34. The second kappa shape index (κ2) is 7.64. The van der Waals surface area contributed by atoms with Crippen LogP contribution in [0.15, 0.2) is 24.3 Å². The summed E-state index contributed by atoms with van der Waals surface area (Å²) in [5.41, 5.74) is 0.909. The molecule has 0 aromatic heterocycles. The highest BCUT2D eigenvalue weighted by atomic mass is 19.1. The number of hydrogen-bond donors (Lipinski definition) is 3. The highest BCUT2D eigenvalue weighted by Gasteiger charge is 2.29. The Labute approximate surface area is 141 Å². The molecule has 0 unspecified atom stereocenters. The number of nitrogens with one attached hydrogen (secondary N) is 3. The largest absolute Gasteiger partial charge is 0.354 e. The Morgan fingerprint density at radius 1 is 1.12 bits per heavy atom. The van der Waals surface area contributed by atoms with Crippen LogP contribution in [0.3, 0.4) is 0 Å². The maximum Gasteiger partial charge on any atom is 0.315 e. The van der Waals surface area contributed by atoms with Crippen molar-refractivity contribution in [3.63, 3.8) is 0 Å². The van der Waals surface area contributed by atoms with Gasteiger partial charge in [0.25, 0.3) is 0 Å². The SMILES string of the molecule is O=C(N[C@H]1CCCNC1=O)N[C@@H](c1ccc(F)cc1)C1CCCC1. The molecule has 6 heteroatoms. The van der Waals surface area contributed by atoms with Crippen molar-refractivity contribution in [1.29, 1.82) is 0 Å². The summed E-state index contributed by atoms with van der Waals surface area (Å²) in [7, 11) is 0. The summed E-state index contributed by atoms with van der Waals surface area (Å²) >= 11 is 0. The second-order valence-corrected chi connectivity index (χ2v) is 6.68. The third-order valence-corrected chi connectivity index (χ3v) is 4.98. The van der Waals surface area contributed by atoms with Gasteiger partial charge in [0.1, 0.15) is 11.9 Å². The number of carbonyl (C=O) groups is 2. The lowest BCUT2D eigenvalue weighted by Gasteiger charge is -2.28. The number of urea groups is 1. The van der Waals surface area contributed by atoms with E-state index in [-0.39, 0.29) is 23.8 Å². The molecule has 2 atom stereocenters. The molecule has 5 nitrogen and oxygen atoms in total. The molecule has 1 saturated carbocycles. The van der Waals surface area contributed by atoms with Crippen LogP contribution in [0, 0.1) is 11.7 Å². The summed E-state index contributed by atoms with van der Waals surface area (Å²) in [5, 5.41) is 8.54. The quantitative estimate of drug-likeness (QED) is 0.793. The highest BCUT2D eigenvalue weighted by Crippen LogP contribution is 2.35. The van der Waals surface area contributed by atoms with Crippen molar-refractivity contribution >= 4 is 11.9 Å². The van der Waals surface area contributed by atoms with E-state index in [1.165, 1.54) is 12.1 Å². The van der Waals surface area contributed by atoms with Gasteiger partial charge >= 0.3 is 6.03 Å². The first-order chi connectivity index (χ1) is 11.6. The molecule has 3 N–H and O–H groups in total. The Morgan fingerprint density at radius 2 is 1.83 bits per heavy atom. The minimum Gasteiger partial charge on any atom is -0.354 e. The molecule has 1 aliphatic carbocycles. The van der Waals surface area contributed by atoms with E-state index in [2.05, 4.69) is 16.0 Å². The lowest BCUT2D eigenvalue weighted by Crippen LogP contribution is -2.53. The summed E-state index contributed by atoms with van der Waals surface area (Å²) in [6.07, 6.45) is 5.91. The summed E-state index contributed by atoms with van der Waals surface area (Å²) < 4.78 is 13.2. The normalized spacial score (nSPS) is 22.7. The zero-order chi connectivity index (χ0) is 16.9. The van der Waals surface area contributed by atoms with Gasteiger partial charge in [-0.25, -0.2) is 9.18 Å². The summed E-state index contributed by atoms with van der Waals surface area (Å²) in [5.74, 6) is -0.0655. The number of carbonyl (C=O) groups excluding carboxylic acids is 2. The zero-order valence-corrected chi connectivity index (χ0v) is 13.7. The number of amides is 3. The van der Waals surface area contributed by atoms with Crippen LogP contribution in [-0.4, -0.2) is 24.5 Å². The molecule has 2 aliphatic rings. The van der Waals surface area contributed by atoms with E-state index < -0.39 is 6.04 Å². The predicted molar refractivity (Wildman–Crippen MR) is 88.8 cm³/mol. The average molecular weight is 333 g/mol. The fourth-order valence-electron chi connectivity index (χ4n) is 3.69. The van der Waals surface area contributed by atoms with Crippen LogP contribution in [0.5, 0.6) is 0 Å². The van der Waals surface area contributed by atoms with Crippen molar-refractivity contribution < 1.29 is 14.0 Å². The monoisotopic (exact) mass is 333 g/mol. The number of hydrogen-bond acceptors (Lipinski definition) is 2. The van der Waals surface area contributed by atoms with E-state index in [1.807, 2.05) is 0 Å². The van der Waals surface area contributed by atoms with Crippen LogP contribution in [0.25, 0.3) is 0 Å². The van der Waals surface area contributed by atoms with Crippen molar-refractivity contribution in [3.05, 3.63) is 35.6 Å². The van der Waals surface area contributed by atoms with E-state index in [0.717, 1.165) is 37.7 Å². The second-order valence-electron chi connectivity index (χ2n) is 6.68. The van der Waals surface area contributed by atoms with Crippen LogP contribution >= 0.6 is 0 Å².